The molecule has 6 heteroatoms. The van der Waals surface area contributed by atoms with Crippen LogP contribution in [-0.4, -0.2) is 8.42 Å². The fraction of sp³-hybridized carbons (Fsp3) is 0.200. The van der Waals surface area contributed by atoms with Crippen LogP contribution in [0.3, 0.4) is 0 Å². The SMILES string of the molecule is Cc1ccc(Cl)cc1NS(=O)(=O)c1ccc2c(c1)[C@H]1C=CC[C@H]1[C@@H](c1ccccc1)N2. The summed E-state index contributed by atoms with van der Waals surface area (Å²) >= 11 is 6.06. The zero-order chi connectivity index (χ0) is 21.6. The van der Waals surface area contributed by atoms with Gasteiger partial charge < -0.3 is 5.32 Å². The van der Waals surface area contributed by atoms with Crippen LogP contribution in [0.4, 0.5) is 11.4 Å². The molecule has 2 aliphatic rings. The minimum atomic E-state index is -3.74. The first-order valence-corrected chi connectivity index (χ1v) is 12.2. The van der Waals surface area contributed by atoms with Crippen LogP contribution in [0, 0.1) is 12.8 Å². The Bertz CT molecular complexity index is 1270. The number of hydrogen-bond donors (Lipinski definition) is 2. The standard InChI is InChI=1S/C25H23ClN2O2S/c1-16-10-11-18(26)14-24(16)28-31(29,30)19-12-13-23-22(15-19)20-8-5-9-21(20)25(27-23)17-6-3-2-4-7-17/h2-8,10-15,20-21,25,27-28H,9H2,1H3/t20-,21+,25+/m0/s1. The van der Waals surface area contributed by atoms with Crippen molar-refractivity contribution in [3.05, 3.63) is 101 Å². The maximum Gasteiger partial charge on any atom is 0.261 e. The average Bonchev–Trinajstić information content (AvgIpc) is 3.26. The van der Waals surface area contributed by atoms with E-state index in [9.17, 15) is 8.42 Å². The lowest BCUT2D eigenvalue weighted by atomic mass is 9.77. The minimum absolute atomic E-state index is 0.185. The zero-order valence-corrected chi connectivity index (χ0v) is 18.6. The zero-order valence-electron chi connectivity index (χ0n) is 17.0. The number of benzene rings is 3. The number of allylic oxidation sites excluding steroid dienone is 2. The summed E-state index contributed by atoms with van der Waals surface area (Å²) in [5.74, 6) is 0.542. The molecule has 0 saturated heterocycles. The van der Waals surface area contributed by atoms with E-state index in [4.69, 9.17) is 11.6 Å². The van der Waals surface area contributed by atoms with E-state index in [0.717, 1.165) is 23.2 Å². The van der Waals surface area contributed by atoms with Crippen LogP contribution in [0.15, 0.2) is 83.8 Å². The van der Waals surface area contributed by atoms with Crippen molar-refractivity contribution in [3.8, 4) is 0 Å². The molecule has 0 unspecified atom stereocenters. The van der Waals surface area contributed by atoms with Crippen molar-refractivity contribution >= 4 is 33.0 Å². The van der Waals surface area contributed by atoms with Gasteiger partial charge in [-0.15, -0.1) is 0 Å². The van der Waals surface area contributed by atoms with Gasteiger partial charge in [0.1, 0.15) is 0 Å². The van der Waals surface area contributed by atoms with Gasteiger partial charge in [-0.05, 0) is 66.3 Å². The highest BCUT2D eigenvalue weighted by molar-refractivity contribution is 7.92. The summed E-state index contributed by atoms with van der Waals surface area (Å²) < 4.78 is 29.0. The van der Waals surface area contributed by atoms with Crippen LogP contribution < -0.4 is 10.0 Å². The molecule has 0 amide bonds. The normalized spacial score (nSPS) is 21.8. The fourth-order valence-electron chi connectivity index (χ4n) is 4.64. The topological polar surface area (TPSA) is 58.2 Å². The molecule has 31 heavy (non-hydrogen) atoms. The Balaban J connectivity index is 1.50. The molecule has 0 spiro atoms. The van der Waals surface area contributed by atoms with Gasteiger partial charge in [0.15, 0.2) is 0 Å². The molecule has 1 aliphatic heterocycles. The average molecular weight is 451 g/mol. The van der Waals surface area contributed by atoms with Gasteiger partial charge in [0.25, 0.3) is 10.0 Å². The van der Waals surface area contributed by atoms with Gasteiger partial charge in [-0.3, -0.25) is 4.72 Å². The number of sulfonamides is 1. The Morgan fingerprint density at radius 2 is 1.84 bits per heavy atom. The summed E-state index contributed by atoms with van der Waals surface area (Å²) in [5.41, 5.74) is 4.57. The van der Waals surface area contributed by atoms with E-state index in [0.29, 0.717) is 16.6 Å². The molecule has 3 aromatic carbocycles. The van der Waals surface area contributed by atoms with E-state index in [1.165, 1.54) is 5.56 Å². The Hall–Kier alpha value is -2.76. The summed E-state index contributed by atoms with van der Waals surface area (Å²) in [6.45, 7) is 1.85. The first kappa shape index (κ1) is 20.2. The van der Waals surface area contributed by atoms with E-state index in [2.05, 4.69) is 46.5 Å². The van der Waals surface area contributed by atoms with Crippen LogP contribution in [0.1, 0.15) is 35.1 Å². The van der Waals surface area contributed by atoms with Crippen LogP contribution in [0.5, 0.6) is 0 Å². The molecule has 3 aromatic rings. The highest BCUT2D eigenvalue weighted by Crippen LogP contribution is 2.50. The summed E-state index contributed by atoms with van der Waals surface area (Å²) in [5, 5.41) is 4.15. The van der Waals surface area contributed by atoms with Crippen LogP contribution in [0.25, 0.3) is 0 Å². The van der Waals surface area contributed by atoms with Crippen molar-refractivity contribution in [2.45, 2.75) is 30.2 Å². The number of nitrogens with one attached hydrogen (secondary N) is 2. The van der Waals surface area contributed by atoms with Gasteiger partial charge in [-0.1, -0.05) is 60.2 Å². The summed E-state index contributed by atoms with van der Waals surface area (Å²) in [7, 11) is -3.74. The molecule has 0 saturated carbocycles. The lowest BCUT2D eigenvalue weighted by Gasteiger charge is -2.37. The molecule has 158 valence electrons. The number of halogens is 1. The van der Waals surface area contributed by atoms with Crippen LogP contribution in [-0.2, 0) is 10.0 Å². The van der Waals surface area contributed by atoms with Crippen molar-refractivity contribution in [1.29, 1.82) is 0 Å². The number of fused-ring (bicyclic) bond motifs is 3. The van der Waals surface area contributed by atoms with Crippen molar-refractivity contribution < 1.29 is 8.42 Å². The predicted molar refractivity (Wildman–Crippen MR) is 126 cm³/mol. The molecule has 3 atom stereocenters. The molecule has 0 bridgehead atoms. The second-order valence-corrected chi connectivity index (χ2v) is 10.3. The summed E-state index contributed by atoms with van der Waals surface area (Å²) in [6, 6.07) is 21.2. The second kappa shape index (κ2) is 7.74. The molecule has 0 fully saturated rings. The van der Waals surface area contributed by atoms with Crippen molar-refractivity contribution in [2.24, 2.45) is 5.92 Å². The molecule has 1 heterocycles. The maximum atomic E-state index is 13.1. The van der Waals surface area contributed by atoms with Gasteiger partial charge in [-0.25, -0.2) is 8.42 Å². The summed E-state index contributed by atoms with van der Waals surface area (Å²) in [4.78, 5) is 0.254. The largest absolute Gasteiger partial charge is 0.378 e. The Morgan fingerprint density at radius 3 is 2.65 bits per heavy atom. The van der Waals surface area contributed by atoms with E-state index in [-0.39, 0.29) is 16.9 Å². The Labute approximate surface area is 188 Å². The molecule has 4 nitrogen and oxygen atoms in total. The third-order valence-electron chi connectivity index (χ3n) is 6.25. The first-order valence-electron chi connectivity index (χ1n) is 10.3. The van der Waals surface area contributed by atoms with E-state index < -0.39 is 10.0 Å². The van der Waals surface area contributed by atoms with Crippen molar-refractivity contribution in [3.63, 3.8) is 0 Å². The van der Waals surface area contributed by atoms with Gasteiger partial charge in [-0.2, -0.15) is 0 Å². The monoisotopic (exact) mass is 450 g/mol. The van der Waals surface area contributed by atoms with E-state index >= 15 is 0 Å². The van der Waals surface area contributed by atoms with E-state index in [1.54, 1.807) is 30.3 Å². The van der Waals surface area contributed by atoms with Crippen molar-refractivity contribution in [2.75, 3.05) is 10.0 Å². The third-order valence-corrected chi connectivity index (χ3v) is 7.85. The molecule has 1 aliphatic carbocycles. The molecule has 0 radical (unpaired) electrons. The molecule has 2 N–H and O–H groups in total. The number of aryl methyl sites for hydroxylation is 1. The lowest BCUT2D eigenvalue weighted by Crippen LogP contribution is -2.29. The number of rotatable bonds is 4. The van der Waals surface area contributed by atoms with Gasteiger partial charge in [0, 0.05) is 16.6 Å². The fourth-order valence-corrected chi connectivity index (χ4v) is 5.97. The molecule has 5 rings (SSSR count). The van der Waals surface area contributed by atoms with E-state index in [1.807, 2.05) is 19.1 Å². The lowest BCUT2D eigenvalue weighted by molar-refractivity contribution is 0.425. The van der Waals surface area contributed by atoms with Gasteiger partial charge >= 0.3 is 0 Å². The molecular weight excluding hydrogens is 428 g/mol. The van der Waals surface area contributed by atoms with Crippen molar-refractivity contribution in [1.82, 2.24) is 0 Å². The highest BCUT2D eigenvalue weighted by Gasteiger charge is 2.38. The number of hydrogen-bond acceptors (Lipinski definition) is 3. The van der Waals surface area contributed by atoms with Crippen LogP contribution in [0.2, 0.25) is 5.02 Å². The van der Waals surface area contributed by atoms with Crippen LogP contribution >= 0.6 is 11.6 Å². The molecule has 0 aromatic heterocycles. The maximum absolute atomic E-state index is 13.1. The van der Waals surface area contributed by atoms with Gasteiger partial charge in [0.2, 0.25) is 0 Å². The smallest absolute Gasteiger partial charge is 0.261 e. The Kier molecular flexibility index (Phi) is 5.03. The predicted octanol–water partition coefficient (Wildman–Crippen LogP) is 6.28. The Morgan fingerprint density at radius 1 is 1.03 bits per heavy atom. The minimum Gasteiger partial charge on any atom is -0.378 e. The quantitative estimate of drug-likeness (QED) is 0.460. The van der Waals surface area contributed by atoms with Gasteiger partial charge in [0.05, 0.1) is 16.6 Å². The first-order chi connectivity index (χ1) is 14.9. The third kappa shape index (κ3) is 3.73. The molecular formula is C25H23ClN2O2S. The second-order valence-electron chi connectivity index (χ2n) is 8.20. The summed E-state index contributed by atoms with van der Waals surface area (Å²) in [6.07, 6.45) is 5.38. The highest BCUT2D eigenvalue weighted by atomic mass is 35.5. The number of anilines is 2.